The average Bonchev–Trinajstić information content (AvgIpc) is 2.27. The summed E-state index contributed by atoms with van der Waals surface area (Å²) in [4.78, 5) is 0. The maximum absolute atomic E-state index is 12.0. The molecule has 3 heteroatoms. The van der Waals surface area contributed by atoms with Crippen LogP contribution in [-0.4, -0.2) is 13.3 Å². The van der Waals surface area contributed by atoms with Crippen LogP contribution in [-0.2, 0) is 6.42 Å². The first-order valence-corrected chi connectivity index (χ1v) is 5.39. The lowest BCUT2D eigenvalue weighted by Crippen LogP contribution is -2.18. The molecule has 1 unspecified atom stereocenters. The molecule has 0 radical (unpaired) electrons. The molecule has 0 fully saturated rings. The average molecular weight is 209 g/mol. The van der Waals surface area contributed by atoms with E-state index in [4.69, 9.17) is 10.5 Å². The van der Waals surface area contributed by atoms with Gasteiger partial charge in [-0.05, 0) is 36.5 Å². The molecule has 0 bridgehead atoms. The molecular weight excluding hydrogens is 193 g/mol. The number of alkyl halides is 1. The second-order valence-electron chi connectivity index (χ2n) is 3.86. The first-order valence-electron chi connectivity index (χ1n) is 5.39. The van der Waals surface area contributed by atoms with Crippen molar-refractivity contribution in [2.75, 3.05) is 13.3 Å². The van der Waals surface area contributed by atoms with Gasteiger partial charge in [-0.2, -0.15) is 0 Å². The largest absolute Gasteiger partial charge is 0.491 e. The van der Waals surface area contributed by atoms with Crippen molar-refractivity contribution in [1.29, 1.82) is 0 Å². The summed E-state index contributed by atoms with van der Waals surface area (Å²) in [7, 11) is 0. The lowest BCUT2D eigenvalue weighted by atomic mass is 9.88. The quantitative estimate of drug-likeness (QED) is 0.829. The molecule has 2 nitrogen and oxygen atoms in total. The molecule has 1 atom stereocenters. The van der Waals surface area contributed by atoms with Crippen molar-refractivity contribution in [1.82, 2.24) is 0 Å². The Morgan fingerprint density at radius 3 is 3.13 bits per heavy atom. The van der Waals surface area contributed by atoms with E-state index in [1.165, 1.54) is 5.56 Å². The fourth-order valence-corrected chi connectivity index (χ4v) is 2.14. The van der Waals surface area contributed by atoms with Gasteiger partial charge >= 0.3 is 0 Å². The van der Waals surface area contributed by atoms with Crippen LogP contribution in [0.25, 0.3) is 0 Å². The van der Waals surface area contributed by atoms with Gasteiger partial charge in [-0.25, -0.2) is 4.39 Å². The number of halogens is 1. The van der Waals surface area contributed by atoms with Gasteiger partial charge in [-0.15, -0.1) is 0 Å². The Bertz CT molecular complexity index is 340. The molecule has 2 rings (SSSR count). The summed E-state index contributed by atoms with van der Waals surface area (Å²) in [5, 5.41) is 0. The molecule has 82 valence electrons. The first kappa shape index (κ1) is 10.4. The maximum atomic E-state index is 12.0. The summed E-state index contributed by atoms with van der Waals surface area (Å²) >= 11 is 0. The number of rotatable bonds is 3. The third-order valence-corrected chi connectivity index (χ3v) is 2.85. The Morgan fingerprint density at radius 1 is 1.47 bits per heavy atom. The zero-order valence-electron chi connectivity index (χ0n) is 8.71. The van der Waals surface area contributed by atoms with Crippen molar-refractivity contribution < 1.29 is 9.13 Å². The fraction of sp³-hybridized carbons (Fsp3) is 0.500. The highest BCUT2D eigenvalue weighted by molar-refractivity contribution is 5.43. The van der Waals surface area contributed by atoms with Crippen LogP contribution in [0.4, 0.5) is 4.39 Å². The van der Waals surface area contributed by atoms with E-state index in [2.05, 4.69) is 0 Å². The third kappa shape index (κ3) is 2.12. The minimum absolute atomic E-state index is 0.114. The van der Waals surface area contributed by atoms with Crippen molar-refractivity contribution in [2.45, 2.75) is 25.3 Å². The number of nitrogens with two attached hydrogens (primary N) is 1. The van der Waals surface area contributed by atoms with Gasteiger partial charge in [-0.1, -0.05) is 12.1 Å². The number of hydrogen-bond donors (Lipinski definition) is 1. The molecule has 1 aliphatic rings. The summed E-state index contributed by atoms with van der Waals surface area (Å²) in [5.74, 6) is 0.806. The van der Waals surface area contributed by atoms with Crippen molar-refractivity contribution >= 4 is 0 Å². The zero-order chi connectivity index (χ0) is 10.7. The SMILES string of the molecule is NC1CCCc2c(OCCF)cccc21. The highest BCUT2D eigenvalue weighted by atomic mass is 19.1. The van der Waals surface area contributed by atoms with Crippen LogP contribution in [0.3, 0.4) is 0 Å². The molecule has 15 heavy (non-hydrogen) atoms. The normalized spacial score (nSPS) is 19.7. The van der Waals surface area contributed by atoms with Gasteiger partial charge in [0.25, 0.3) is 0 Å². The molecular formula is C12H16FNO. The summed E-state index contributed by atoms with van der Waals surface area (Å²) < 4.78 is 17.4. The molecule has 2 N–H and O–H groups in total. The Balaban J connectivity index is 2.27. The van der Waals surface area contributed by atoms with Crippen LogP contribution >= 0.6 is 0 Å². The van der Waals surface area contributed by atoms with E-state index in [1.54, 1.807) is 0 Å². The van der Waals surface area contributed by atoms with Gasteiger partial charge in [0.05, 0.1) is 0 Å². The molecule has 0 aliphatic heterocycles. The van der Waals surface area contributed by atoms with Crippen molar-refractivity contribution in [2.24, 2.45) is 5.73 Å². The van der Waals surface area contributed by atoms with Crippen LogP contribution in [0.15, 0.2) is 18.2 Å². The van der Waals surface area contributed by atoms with Crippen molar-refractivity contribution in [3.63, 3.8) is 0 Å². The monoisotopic (exact) mass is 209 g/mol. The highest BCUT2D eigenvalue weighted by Gasteiger charge is 2.19. The Morgan fingerprint density at radius 2 is 2.33 bits per heavy atom. The summed E-state index contributed by atoms with van der Waals surface area (Å²) in [6, 6.07) is 5.98. The van der Waals surface area contributed by atoms with E-state index in [1.807, 2.05) is 18.2 Å². The third-order valence-electron chi connectivity index (χ3n) is 2.85. The van der Waals surface area contributed by atoms with Gasteiger partial charge in [0.15, 0.2) is 0 Å². The molecule has 1 aliphatic carbocycles. The topological polar surface area (TPSA) is 35.2 Å². The van der Waals surface area contributed by atoms with Crippen LogP contribution in [0.2, 0.25) is 0 Å². The second kappa shape index (κ2) is 4.62. The lowest BCUT2D eigenvalue weighted by molar-refractivity contribution is 0.269. The van der Waals surface area contributed by atoms with Gasteiger partial charge in [0.1, 0.15) is 19.0 Å². The van der Waals surface area contributed by atoms with E-state index in [0.717, 1.165) is 30.6 Å². The summed E-state index contributed by atoms with van der Waals surface area (Å²) in [6.45, 7) is -0.318. The van der Waals surface area contributed by atoms with Gasteiger partial charge < -0.3 is 10.5 Å². The van der Waals surface area contributed by atoms with Gasteiger partial charge in [0.2, 0.25) is 0 Å². The molecule has 0 amide bonds. The smallest absolute Gasteiger partial charge is 0.123 e. The van der Waals surface area contributed by atoms with E-state index < -0.39 is 6.67 Å². The van der Waals surface area contributed by atoms with Crippen LogP contribution in [0.1, 0.15) is 30.0 Å². The standard InChI is InChI=1S/C12H16FNO/c13-7-8-15-12-6-2-3-9-10(12)4-1-5-11(9)14/h2-3,6,11H,1,4-5,7-8,14H2. The molecule has 1 aromatic carbocycles. The van der Waals surface area contributed by atoms with Gasteiger partial charge in [0, 0.05) is 6.04 Å². The minimum atomic E-state index is -0.449. The number of benzene rings is 1. The molecule has 1 aromatic rings. The van der Waals surface area contributed by atoms with Crippen LogP contribution in [0, 0.1) is 0 Å². The Kier molecular flexibility index (Phi) is 3.21. The van der Waals surface area contributed by atoms with Crippen molar-refractivity contribution in [3.8, 4) is 5.75 Å². The molecule has 0 saturated carbocycles. The Hall–Kier alpha value is -1.09. The fourth-order valence-electron chi connectivity index (χ4n) is 2.14. The van der Waals surface area contributed by atoms with Crippen molar-refractivity contribution in [3.05, 3.63) is 29.3 Å². The van der Waals surface area contributed by atoms with E-state index >= 15 is 0 Å². The van der Waals surface area contributed by atoms with E-state index in [-0.39, 0.29) is 12.6 Å². The minimum Gasteiger partial charge on any atom is -0.491 e. The molecule has 0 aromatic heterocycles. The van der Waals surface area contributed by atoms with Crippen LogP contribution in [0.5, 0.6) is 5.75 Å². The lowest BCUT2D eigenvalue weighted by Gasteiger charge is -2.24. The summed E-state index contributed by atoms with van der Waals surface area (Å²) in [6.07, 6.45) is 3.11. The predicted octanol–water partition coefficient (Wildman–Crippen LogP) is 2.37. The Labute approximate surface area is 89.2 Å². The van der Waals surface area contributed by atoms with Gasteiger partial charge in [-0.3, -0.25) is 0 Å². The number of ether oxygens (including phenoxy) is 1. The summed E-state index contributed by atoms with van der Waals surface area (Å²) in [5.41, 5.74) is 8.35. The number of fused-ring (bicyclic) bond motifs is 1. The maximum Gasteiger partial charge on any atom is 0.123 e. The predicted molar refractivity (Wildman–Crippen MR) is 57.8 cm³/mol. The number of hydrogen-bond acceptors (Lipinski definition) is 2. The zero-order valence-corrected chi connectivity index (χ0v) is 8.71. The van der Waals surface area contributed by atoms with E-state index in [0.29, 0.717) is 0 Å². The second-order valence-corrected chi connectivity index (χ2v) is 3.86. The first-order chi connectivity index (χ1) is 7.33. The van der Waals surface area contributed by atoms with E-state index in [9.17, 15) is 4.39 Å². The molecule has 0 heterocycles. The molecule has 0 spiro atoms. The highest BCUT2D eigenvalue weighted by Crippen LogP contribution is 2.33. The molecule has 0 saturated heterocycles. The van der Waals surface area contributed by atoms with Crippen LogP contribution < -0.4 is 10.5 Å².